The molecule has 1 fully saturated rings. The van der Waals surface area contributed by atoms with E-state index >= 15 is 0 Å². The van der Waals surface area contributed by atoms with Crippen LogP contribution in [0.3, 0.4) is 0 Å². The summed E-state index contributed by atoms with van der Waals surface area (Å²) in [4.78, 5) is 14.1. The number of hydrogen-bond acceptors (Lipinski definition) is 6. The summed E-state index contributed by atoms with van der Waals surface area (Å²) >= 11 is 1.26. The first-order chi connectivity index (χ1) is 9.58. The van der Waals surface area contributed by atoms with Crippen LogP contribution in [0.2, 0.25) is 0 Å². The molecule has 5 N–H and O–H groups in total. The molecule has 1 atom stereocenters. The number of likely N-dealkylation sites (N-methyl/N-ethyl adjacent to an activating group) is 1. The van der Waals surface area contributed by atoms with Crippen LogP contribution in [-0.4, -0.2) is 43.6 Å². The second kappa shape index (κ2) is 6.32. The lowest BCUT2D eigenvalue weighted by Gasteiger charge is -2.23. The molecule has 0 bridgehead atoms. The molecule has 0 aliphatic carbocycles. The normalized spacial score (nSPS) is 19.2. The number of amides is 1. The van der Waals surface area contributed by atoms with Crippen LogP contribution in [0, 0.1) is 0 Å². The first-order valence-corrected chi connectivity index (χ1v) is 7.64. The van der Waals surface area contributed by atoms with Crippen LogP contribution in [0.4, 0.5) is 10.7 Å². The first-order valence-electron chi connectivity index (χ1n) is 6.82. The summed E-state index contributed by atoms with van der Waals surface area (Å²) in [7, 11) is 1.54. The summed E-state index contributed by atoms with van der Waals surface area (Å²) in [5, 5.41) is 4.13. The predicted octanol–water partition coefficient (Wildman–Crippen LogP) is 1.33. The summed E-state index contributed by atoms with van der Waals surface area (Å²) in [6.07, 6.45) is 2.42. The van der Waals surface area contributed by atoms with Gasteiger partial charge in [0.25, 0.3) is 5.91 Å². The van der Waals surface area contributed by atoms with Crippen molar-refractivity contribution in [3.8, 4) is 5.75 Å². The molecule has 2 rings (SSSR count). The maximum atomic E-state index is 11.3. The lowest BCUT2D eigenvalue weighted by Crippen LogP contribution is -2.34. The van der Waals surface area contributed by atoms with Gasteiger partial charge in [0, 0.05) is 12.6 Å². The molecule has 1 aromatic heterocycles. The van der Waals surface area contributed by atoms with E-state index in [9.17, 15) is 4.79 Å². The molecule has 6 nitrogen and oxygen atoms in total. The average molecular weight is 298 g/mol. The lowest BCUT2D eigenvalue weighted by molar-refractivity contribution is 0.100. The summed E-state index contributed by atoms with van der Waals surface area (Å²) in [5.41, 5.74) is 11.5. The van der Waals surface area contributed by atoms with E-state index in [-0.39, 0.29) is 0 Å². The SMILES string of the molecule is CCN1CCCC1CNc1sc(C(N)=O)c(N)c1OC. The van der Waals surface area contributed by atoms with Gasteiger partial charge < -0.3 is 21.5 Å². The third kappa shape index (κ3) is 2.83. The van der Waals surface area contributed by atoms with Crippen molar-refractivity contribution in [2.45, 2.75) is 25.8 Å². The van der Waals surface area contributed by atoms with E-state index in [1.165, 1.54) is 24.2 Å². The van der Waals surface area contributed by atoms with Gasteiger partial charge in [-0.2, -0.15) is 0 Å². The van der Waals surface area contributed by atoms with Crippen LogP contribution in [0.5, 0.6) is 5.75 Å². The molecule has 1 aromatic rings. The number of likely N-dealkylation sites (tertiary alicyclic amines) is 1. The first kappa shape index (κ1) is 14.9. The Balaban J connectivity index is 2.09. The average Bonchev–Trinajstić information content (AvgIpc) is 2.99. The second-order valence-electron chi connectivity index (χ2n) is 4.88. The van der Waals surface area contributed by atoms with Crippen LogP contribution in [-0.2, 0) is 0 Å². The number of ether oxygens (including phenoxy) is 1. The van der Waals surface area contributed by atoms with Crippen molar-refractivity contribution in [2.24, 2.45) is 5.73 Å². The number of thiophene rings is 1. The van der Waals surface area contributed by atoms with Gasteiger partial charge in [-0.1, -0.05) is 6.92 Å². The van der Waals surface area contributed by atoms with Crippen LogP contribution in [0.15, 0.2) is 0 Å². The Labute approximate surface area is 123 Å². The summed E-state index contributed by atoms with van der Waals surface area (Å²) in [6.45, 7) is 5.21. The van der Waals surface area contributed by atoms with Gasteiger partial charge in [-0.15, -0.1) is 11.3 Å². The molecule has 1 aliphatic heterocycles. The Morgan fingerprint density at radius 1 is 1.60 bits per heavy atom. The van der Waals surface area contributed by atoms with Crippen LogP contribution >= 0.6 is 11.3 Å². The number of anilines is 2. The highest BCUT2D eigenvalue weighted by molar-refractivity contribution is 7.19. The van der Waals surface area contributed by atoms with E-state index in [0.29, 0.717) is 22.4 Å². The molecule has 0 radical (unpaired) electrons. The zero-order chi connectivity index (χ0) is 14.7. The second-order valence-corrected chi connectivity index (χ2v) is 5.90. The highest BCUT2D eigenvalue weighted by Gasteiger charge is 2.25. The van der Waals surface area contributed by atoms with Gasteiger partial charge in [0.15, 0.2) is 5.75 Å². The van der Waals surface area contributed by atoms with Crippen molar-refractivity contribution in [3.05, 3.63) is 4.88 Å². The zero-order valence-corrected chi connectivity index (χ0v) is 12.8. The van der Waals surface area contributed by atoms with Gasteiger partial charge in [0.05, 0.1) is 7.11 Å². The maximum Gasteiger partial charge on any atom is 0.261 e. The Morgan fingerprint density at radius 3 is 2.95 bits per heavy atom. The number of nitrogens with zero attached hydrogens (tertiary/aromatic N) is 1. The molecule has 1 amide bonds. The standard InChI is InChI=1S/C13H22N4O2S/c1-3-17-6-4-5-8(17)7-16-13-10(19-2)9(14)11(20-13)12(15)18/h8,16H,3-7,14H2,1-2H3,(H2,15,18). The number of carbonyl (C=O) groups is 1. The van der Waals surface area contributed by atoms with Crippen molar-refractivity contribution in [1.29, 1.82) is 0 Å². The monoisotopic (exact) mass is 298 g/mol. The molecule has 2 heterocycles. The highest BCUT2D eigenvalue weighted by Crippen LogP contribution is 2.42. The number of carbonyl (C=O) groups excluding carboxylic acids is 1. The zero-order valence-electron chi connectivity index (χ0n) is 11.9. The molecular formula is C13H22N4O2S. The number of nitrogens with two attached hydrogens (primary N) is 2. The smallest absolute Gasteiger partial charge is 0.261 e. The van der Waals surface area contributed by atoms with Gasteiger partial charge in [0.1, 0.15) is 15.6 Å². The van der Waals surface area contributed by atoms with E-state index in [2.05, 4.69) is 17.1 Å². The molecule has 112 valence electrons. The van der Waals surface area contributed by atoms with E-state index in [1.54, 1.807) is 7.11 Å². The van der Waals surface area contributed by atoms with Crippen molar-refractivity contribution in [3.63, 3.8) is 0 Å². The summed E-state index contributed by atoms with van der Waals surface area (Å²) < 4.78 is 5.28. The Bertz CT molecular complexity index is 489. The molecule has 1 aliphatic rings. The minimum absolute atomic E-state index is 0.325. The number of primary amides is 1. The van der Waals surface area contributed by atoms with E-state index in [0.717, 1.165) is 24.6 Å². The van der Waals surface area contributed by atoms with Gasteiger partial charge >= 0.3 is 0 Å². The van der Waals surface area contributed by atoms with Crippen molar-refractivity contribution in [1.82, 2.24) is 4.90 Å². The molecule has 1 unspecified atom stereocenters. The van der Waals surface area contributed by atoms with Gasteiger partial charge in [-0.3, -0.25) is 9.69 Å². The van der Waals surface area contributed by atoms with E-state index in [1.807, 2.05) is 0 Å². The minimum atomic E-state index is -0.519. The third-order valence-electron chi connectivity index (χ3n) is 3.73. The van der Waals surface area contributed by atoms with Gasteiger partial charge in [-0.05, 0) is 25.9 Å². The lowest BCUT2D eigenvalue weighted by atomic mass is 10.2. The van der Waals surface area contributed by atoms with Gasteiger partial charge in [0.2, 0.25) is 0 Å². The Kier molecular flexibility index (Phi) is 4.72. The molecule has 0 spiro atoms. The fraction of sp³-hybridized carbons (Fsp3) is 0.615. The Hall–Kier alpha value is -1.47. The number of rotatable bonds is 6. The summed E-state index contributed by atoms with van der Waals surface area (Å²) in [5.74, 6) is -0.000235. The molecule has 0 aromatic carbocycles. The van der Waals surface area contributed by atoms with Crippen LogP contribution in [0.1, 0.15) is 29.4 Å². The van der Waals surface area contributed by atoms with Gasteiger partial charge in [-0.25, -0.2) is 0 Å². The third-order valence-corrected chi connectivity index (χ3v) is 4.89. The number of methoxy groups -OCH3 is 1. The molecule has 7 heteroatoms. The molecule has 1 saturated heterocycles. The number of nitrogens with one attached hydrogen (secondary N) is 1. The number of hydrogen-bond donors (Lipinski definition) is 3. The maximum absolute atomic E-state index is 11.3. The highest BCUT2D eigenvalue weighted by atomic mass is 32.1. The fourth-order valence-electron chi connectivity index (χ4n) is 2.68. The van der Waals surface area contributed by atoms with Crippen LogP contribution in [0.25, 0.3) is 0 Å². The summed E-state index contributed by atoms with van der Waals surface area (Å²) in [6, 6.07) is 0.519. The molecular weight excluding hydrogens is 276 g/mol. The fourth-order valence-corrected chi connectivity index (χ4v) is 3.63. The van der Waals surface area contributed by atoms with Crippen LogP contribution < -0.4 is 21.5 Å². The largest absolute Gasteiger partial charge is 0.492 e. The molecule has 20 heavy (non-hydrogen) atoms. The molecule has 0 saturated carbocycles. The predicted molar refractivity (Wildman–Crippen MR) is 82.6 cm³/mol. The van der Waals surface area contributed by atoms with Crippen molar-refractivity contribution >= 4 is 27.9 Å². The minimum Gasteiger partial charge on any atom is -0.492 e. The quantitative estimate of drug-likeness (QED) is 0.737. The Morgan fingerprint density at radius 2 is 2.35 bits per heavy atom. The van der Waals surface area contributed by atoms with Crippen molar-refractivity contribution < 1.29 is 9.53 Å². The van der Waals surface area contributed by atoms with E-state index < -0.39 is 5.91 Å². The van der Waals surface area contributed by atoms with E-state index in [4.69, 9.17) is 16.2 Å². The number of nitrogen functional groups attached to an aromatic ring is 1. The topological polar surface area (TPSA) is 93.6 Å². The van der Waals surface area contributed by atoms with Crippen molar-refractivity contribution in [2.75, 3.05) is 37.8 Å².